The predicted octanol–water partition coefficient (Wildman–Crippen LogP) is 13.4. The van der Waals surface area contributed by atoms with E-state index in [9.17, 15) is 14.4 Å². The zero-order chi connectivity index (χ0) is 36.9. The first kappa shape index (κ1) is 48.4. The molecule has 296 valence electrons. The number of ether oxygens (including phenoxy) is 3. The Balaban J connectivity index is 4.31. The molecule has 0 aromatic rings. The fraction of sp³-hybridized carbons (Fsp3) is 0.932. The van der Waals surface area contributed by atoms with Crippen LogP contribution in [0.1, 0.15) is 234 Å². The monoisotopic (exact) mass is 709 g/mol. The first-order chi connectivity index (χ1) is 24.3. The van der Waals surface area contributed by atoms with Gasteiger partial charge >= 0.3 is 17.9 Å². The molecule has 1 unspecified atom stereocenters. The molecule has 0 aliphatic rings. The first-order valence-electron chi connectivity index (χ1n) is 21.8. The Hall–Kier alpha value is -1.59. The van der Waals surface area contributed by atoms with Crippen molar-refractivity contribution in [2.75, 3.05) is 13.2 Å². The van der Waals surface area contributed by atoms with Gasteiger partial charge in [-0.2, -0.15) is 0 Å². The lowest BCUT2D eigenvalue weighted by Crippen LogP contribution is -2.30. The van der Waals surface area contributed by atoms with Gasteiger partial charge < -0.3 is 14.2 Å². The fourth-order valence-electron chi connectivity index (χ4n) is 6.37. The summed E-state index contributed by atoms with van der Waals surface area (Å²) in [5.74, 6) is 0.766. The number of rotatable bonds is 38. The van der Waals surface area contributed by atoms with Gasteiger partial charge in [0.25, 0.3) is 0 Å². The molecular formula is C44H84O6. The van der Waals surface area contributed by atoms with E-state index in [2.05, 4.69) is 34.6 Å². The fourth-order valence-corrected chi connectivity index (χ4v) is 6.37. The highest BCUT2D eigenvalue weighted by Gasteiger charge is 2.19. The van der Waals surface area contributed by atoms with Crippen molar-refractivity contribution in [2.45, 2.75) is 240 Å². The molecule has 6 heteroatoms. The molecule has 0 N–H and O–H groups in total. The normalized spacial score (nSPS) is 12.6. The Labute approximate surface area is 310 Å². The van der Waals surface area contributed by atoms with Gasteiger partial charge in [-0.05, 0) is 31.1 Å². The van der Waals surface area contributed by atoms with E-state index >= 15 is 0 Å². The van der Waals surface area contributed by atoms with Crippen LogP contribution in [0.25, 0.3) is 0 Å². The van der Waals surface area contributed by atoms with Crippen LogP contribution in [0, 0.1) is 11.8 Å². The first-order valence-corrected chi connectivity index (χ1v) is 21.8. The molecule has 0 aliphatic carbocycles. The van der Waals surface area contributed by atoms with Gasteiger partial charge in [-0.3, -0.25) is 14.4 Å². The van der Waals surface area contributed by atoms with E-state index in [-0.39, 0.29) is 31.1 Å². The van der Waals surface area contributed by atoms with Gasteiger partial charge in [0.2, 0.25) is 0 Å². The van der Waals surface area contributed by atoms with E-state index in [0.717, 1.165) is 69.6 Å². The number of hydrogen-bond acceptors (Lipinski definition) is 6. The zero-order valence-electron chi connectivity index (χ0n) is 34.0. The van der Waals surface area contributed by atoms with Crippen LogP contribution in [0.15, 0.2) is 0 Å². The molecule has 0 aromatic carbocycles. The molecule has 0 aromatic heterocycles. The Morgan fingerprint density at radius 1 is 0.420 bits per heavy atom. The Morgan fingerprint density at radius 3 is 1.14 bits per heavy atom. The topological polar surface area (TPSA) is 78.9 Å². The average Bonchev–Trinajstić information content (AvgIpc) is 3.09. The zero-order valence-corrected chi connectivity index (χ0v) is 34.0. The smallest absolute Gasteiger partial charge is 0.306 e. The standard InChI is InChI=1S/C44H84O6/c1-6-8-9-10-11-14-19-26-31-36-44(47)50-41(38-49-43(46)35-30-25-21-20-22-27-32-39(3)4)37-48-42(45)34-29-24-18-16-13-12-15-17-23-28-33-40(5)7-2/h39-41H,6-38H2,1-5H3/t40?,41-/m1/s1. The molecule has 0 aliphatic heterocycles. The lowest BCUT2D eigenvalue weighted by atomic mass is 9.99. The summed E-state index contributed by atoms with van der Waals surface area (Å²) >= 11 is 0. The maximum atomic E-state index is 12.6. The van der Waals surface area contributed by atoms with Crippen molar-refractivity contribution in [3.8, 4) is 0 Å². The minimum absolute atomic E-state index is 0.0661. The summed E-state index contributed by atoms with van der Waals surface area (Å²) in [6.45, 7) is 11.3. The molecule has 6 nitrogen and oxygen atoms in total. The number of carbonyl (C=O) groups excluding carboxylic acids is 3. The third-order valence-corrected chi connectivity index (χ3v) is 10.1. The van der Waals surface area contributed by atoms with Crippen LogP contribution in [0.4, 0.5) is 0 Å². The van der Waals surface area contributed by atoms with E-state index in [1.165, 1.54) is 122 Å². The summed E-state index contributed by atoms with van der Waals surface area (Å²) in [5, 5.41) is 0. The van der Waals surface area contributed by atoms with Crippen molar-refractivity contribution in [3.05, 3.63) is 0 Å². The Kier molecular flexibility index (Phi) is 36.0. The van der Waals surface area contributed by atoms with E-state index in [4.69, 9.17) is 14.2 Å². The van der Waals surface area contributed by atoms with Crippen LogP contribution in [-0.4, -0.2) is 37.2 Å². The molecule has 0 amide bonds. The molecule has 50 heavy (non-hydrogen) atoms. The van der Waals surface area contributed by atoms with E-state index in [0.29, 0.717) is 19.3 Å². The molecule has 0 bridgehead atoms. The molecule has 0 rings (SSSR count). The van der Waals surface area contributed by atoms with Crippen molar-refractivity contribution in [2.24, 2.45) is 11.8 Å². The average molecular weight is 709 g/mol. The van der Waals surface area contributed by atoms with Crippen molar-refractivity contribution >= 4 is 17.9 Å². The second-order valence-electron chi connectivity index (χ2n) is 15.7. The number of carbonyl (C=O) groups is 3. The summed E-state index contributed by atoms with van der Waals surface area (Å²) in [6.07, 6.45) is 33.8. The minimum Gasteiger partial charge on any atom is -0.462 e. The van der Waals surface area contributed by atoms with Gasteiger partial charge in [-0.1, -0.05) is 195 Å². The van der Waals surface area contributed by atoms with Crippen molar-refractivity contribution in [1.82, 2.24) is 0 Å². The van der Waals surface area contributed by atoms with Crippen molar-refractivity contribution in [3.63, 3.8) is 0 Å². The largest absolute Gasteiger partial charge is 0.462 e. The second kappa shape index (κ2) is 37.2. The lowest BCUT2D eigenvalue weighted by molar-refractivity contribution is -0.167. The van der Waals surface area contributed by atoms with Crippen LogP contribution in [-0.2, 0) is 28.6 Å². The Bertz CT molecular complexity index is 766. The van der Waals surface area contributed by atoms with E-state index in [1.54, 1.807) is 0 Å². The minimum atomic E-state index is -0.759. The number of unbranched alkanes of at least 4 members (excludes halogenated alkanes) is 22. The van der Waals surface area contributed by atoms with E-state index < -0.39 is 6.10 Å². The highest BCUT2D eigenvalue weighted by atomic mass is 16.6. The number of hydrogen-bond donors (Lipinski definition) is 0. The van der Waals surface area contributed by atoms with Gasteiger partial charge in [0.15, 0.2) is 6.10 Å². The highest BCUT2D eigenvalue weighted by Crippen LogP contribution is 2.17. The summed E-state index contributed by atoms with van der Waals surface area (Å²) in [7, 11) is 0. The second-order valence-corrected chi connectivity index (χ2v) is 15.7. The van der Waals surface area contributed by atoms with Gasteiger partial charge in [0.05, 0.1) is 0 Å². The van der Waals surface area contributed by atoms with E-state index in [1.807, 2.05) is 0 Å². The Morgan fingerprint density at radius 2 is 0.760 bits per heavy atom. The molecule has 0 saturated heterocycles. The van der Waals surface area contributed by atoms with Gasteiger partial charge in [-0.25, -0.2) is 0 Å². The molecular weight excluding hydrogens is 624 g/mol. The lowest BCUT2D eigenvalue weighted by Gasteiger charge is -2.18. The van der Waals surface area contributed by atoms with Crippen LogP contribution in [0.3, 0.4) is 0 Å². The SMILES string of the molecule is CCCCCCCCCCCC(=O)O[C@H](COC(=O)CCCCCCCCCCCCC(C)CC)COC(=O)CCCCCCCCC(C)C. The molecule has 0 saturated carbocycles. The molecule has 0 spiro atoms. The summed E-state index contributed by atoms with van der Waals surface area (Å²) in [5.41, 5.74) is 0. The van der Waals surface area contributed by atoms with Crippen LogP contribution in [0.5, 0.6) is 0 Å². The molecule has 2 atom stereocenters. The maximum Gasteiger partial charge on any atom is 0.306 e. The number of esters is 3. The highest BCUT2D eigenvalue weighted by molar-refractivity contribution is 5.71. The molecule has 0 radical (unpaired) electrons. The van der Waals surface area contributed by atoms with Crippen molar-refractivity contribution < 1.29 is 28.6 Å². The van der Waals surface area contributed by atoms with Crippen LogP contribution < -0.4 is 0 Å². The molecule has 0 heterocycles. The van der Waals surface area contributed by atoms with Gasteiger partial charge in [0, 0.05) is 19.3 Å². The predicted molar refractivity (Wildman–Crippen MR) is 210 cm³/mol. The molecule has 0 fully saturated rings. The van der Waals surface area contributed by atoms with Crippen LogP contribution in [0.2, 0.25) is 0 Å². The summed E-state index contributed by atoms with van der Waals surface area (Å²) in [4.78, 5) is 37.5. The van der Waals surface area contributed by atoms with Crippen molar-refractivity contribution in [1.29, 1.82) is 0 Å². The summed E-state index contributed by atoms with van der Waals surface area (Å²) in [6, 6.07) is 0. The van der Waals surface area contributed by atoms with Crippen LogP contribution >= 0.6 is 0 Å². The quantitative estimate of drug-likeness (QED) is 0.0361. The van der Waals surface area contributed by atoms with Gasteiger partial charge in [-0.15, -0.1) is 0 Å². The third-order valence-electron chi connectivity index (χ3n) is 10.1. The van der Waals surface area contributed by atoms with Gasteiger partial charge in [0.1, 0.15) is 13.2 Å². The maximum absolute atomic E-state index is 12.6. The summed E-state index contributed by atoms with van der Waals surface area (Å²) < 4.78 is 16.6. The third kappa shape index (κ3) is 36.2.